The summed E-state index contributed by atoms with van der Waals surface area (Å²) in [6, 6.07) is 6.93. The molecule has 7 heteroatoms. The number of hydrogen-bond donors (Lipinski definition) is 1. The lowest BCUT2D eigenvalue weighted by Crippen LogP contribution is -2.26. The molecule has 7 nitrogen and oxygen atoms in total. The van der Waals surface area contributed by atoms with Crippen molar-refractivity contribution in [3.8, 4) is 11.5 Å². The Morgan fingerprint density at radius 2 is 1.81 bits per heavy atom. The molecule has 0 saturated carbocycles. The summed E-state index contributed by atoms with van der Waals surface area (Å²) in [5.74, 6) is 1.60. The zero-order chi connectivity index (χ0) is 18.9. The molecule has 2 aromatic rings. The normalized spacial score (nSPS) is 10.3. The predicted octanol–water partition coefficient (Wildman–Crippen LogP) is 3.37. The van der Waals surface area contributed by atoms with E-state index in [1.54, 1.807) is 38.5 Å². The van der Waals surface area contributed by atoms with Crippen LogP contribution in [0.4, 0.5) is 11.5 Å². The number of nitrogens with one attached hydrogen (secondary N) is 1. The largest absolute Gasteiger partial charge is 0.497 e. The van der Waals surface area contributed by atoms with Crippen LogP contribution in [0.15, 0.2) is 30.6 Å². The molecule has 0 saturated heterocycles. The van der Waals surface area contributed by atoms with Gasteiger partial charge in [-0.3, -0.25) is 4.79 Å². The van der Waals surface area contributed by atoms with Gasteiger partial charge in [0.2, 0.25) is 0 Å². The molecule has 1 heterocycles. The summed E-state index contributed by atoms with van der Waals surface area (Å²) in [6.07, 6.45) is 3.43. The van der Waals surface area contributed by atoms with E-state index in [4.69, 9.17) is 9.47 Å². The maximum atomic E-state index is 12.7. The van der Waals surface area contributed by atoms with Crippen LogP contribution in [-0.2, 0) is 0 Å². The number of nitrogens with zero attached hydrogens (tertiary/aromatic N) is 3. The first-order valence-corrected chi connectivity index (χ1v) is 8.73. The van der Waals surface area contributed by atoms with E-state index in [0.717, 1.165) is 31.7 Å². The van der Waals surface area contributed by atoms with Crippen LogP contribution in [0, 0.1) is 0 Å². The van der Waals surface area contributed by atoms with Gasteiger partial charge in [-0.15, -0.1) is 0 Å². The number of ether oxygens (including phenoxy) is 2. The van der Waals surface area contributed by atoms with Gasteiger partial charge < -0.3 is 19.7 Å². The number of carbonyl (C=O) groups is 1. The second-order valence-corrected chi connectivity index (χ2v) is 5.77. The molecule has 26 heavy (non-hydrogen) atoms. The van der Waals surface area contributed by atoms with E-state index in [9.17, 15) is 4.79 Å². The van der Waals surface area contributed by atoms with Crippen LogP contribution in [-0.4, -0.2) is 43.2 Å². The average Bonchev–Trinajstić information content (AvgIpc) is 2.67. The van der Waals surface area contributed by atoms with Crippen molar-refractivity contribution in [3.05, 3.63) is 36.3 Å². The quantitative estimate of drug-likeness (QED) is 0.741. The average molecular weight is 358 g/mol. The minimum Gasteiger partial charge on any atom is -0.497 e. The second-order valence-electron chi connectivity index (χ2n) is 5.77. The first-order chi connectivity index (χ1) is 12.6. The number of anilines is 2. The van der Waals surface area contributed by atoms with Crippen molar-refractivity contribution in [2.24, 2.45) is 0 Å². The molecule has 0 unspecified atom stereocenters. The molecule has 1 N–H and O–H groups in total. The summed E-state index contributed by atoms with van der Waals surface area (Å²) in [5.41, 5.74) is 0.827. The minimum absolute atomic E-state index is 0.303. The molecule has 1 aromatic carbocycles. The minimum atomic E-state index is -0.326. The van der Waals surface area contributed by atoms with Gasteiger partial charge in [0.1, 0.15) is 29.3 Å². The highest BCUT2D eigenvalue weighted by molar-refractivity contribution is 6.04. The number of benzene rings is 1. The van der Waals surface area contributed by atoms with Crippen molar-refractivity contribution < 1.29 is 14.3 Å². The van der Waals surface area contributed by atoms with E-state index >= 15 is 0 Å². The zero-order valence-electron chi connectivity index (χ0n) is 15.8. The topological polar surface area (TPSA) is 76.6 Å². The van der Waals surface area contributed by atoms with E-state index in [0.29, 0.717) is 22.9 Å². The van der Waals surface area contributed by atoms with Gasteiger partial charge in [-0.05, 0) is 25.0 Å². The van der Waals surface area contributed by atoms with Crippen molar-refractivity contribution in [2.75, 3.05) is 37.5 Å². The SMILES string of the molecule is CCCN(CCC)c1cc(C(=O)Nc2cc(OC)ccc2OC)ncn1. The van der Waals surface area contributed by atoms with Gasteiger partial charge in [-0.1, -0.05) is 13.8 Å². The second kappa shape index (κ2) is 9.60. The number of aromatic nitrogens is 2. The van der Waals surface area contributed by atoms with Gasteiger partial charge in [0.05, 0.1) is 19.9 Å². The van der Waals surface area contributed by atoms with Crippen molar-refractivity contribution >= 4 is 17.4 Å². The molecule has 0 radical (unpaired) electrons. The van der Waals surface area contributed by atoms with Crippen LogP contribution < -0.4 is 19.7 Å². The van der Waals surface area contributed by atoms with Gasteiger partial charge in [0, 0.05) is 25.2 Å². The molecule has 2 rings (SSSR count). The fraction of sp³-hybridized carbons (Fsp3) is 0.421. The molecule has 1 aromatic heterocycles. The van der Waals surface area contributed by atoms with Crippen molar-refractivity contribution in [2.45, 2.75) is 26.7 Å². The smallest absolute Gasteiger partial charge is 0.274 e. The van der Waals surface area contributed by atoms with Crippen molar-refractivity contribution in [1.82, 2.24) is 9.97 Å². The first-order valence-electron chi connectivity index (χ1n) is 8.73. The molecular weight excluding hydrogens is 332 g/mol. The predicted molar refractivity (Wildman–Crippen MR) is 102 cm³/mol. The Bertz CT molecular complexity index is 730. The third kappa shape index (κ3) is 4.84. The fourth-order valence-corrected chi connectivity index (χ4v) is 2.62. The van der Waals surface area contributed by atoms with Crippen molar-refractivity contribution in [1.29, 1.82) is 0 Å². The number of rotatable bonds is 9. The Kier molecular flexibility index (Phi) is 7.20. The number of carbonyl (C=O) groups excluding carboxylic acids is 1. The monoisotopic (exact) mass is 358 g/mol. The number of methoxy groups -OCH3 is 2. The van der Waals surface area contributed by atoms with Crippen molar-refractivity contribution in [3.63, 3.8) is 0 Å². The van der Waals surface area contributed by atoms with Gasteiger partial charge >= 0.3 is 0 Å². The molecule has 0 aliphatic heterocycles. The highest BCUT2D eigenvalue weighted by atomic mass is 16.5. The Hall–Kier alpha value is -2.83. The lowest BCUT2D eigenvalue weighted by atomic mass is 10.2. The summed E-state index contributed by atoms with van der Waals surface area (Å²) >= 11 is 0. The summed E-state index contributed by atoms with van der Waals surface area (Å²) in [5, 5.41) is 2.83. The van der Waals surface area contributed by atoms with Gasteiger partial charge in [0.15, 0.2) is 0 Å². The summed E-state index contributed by atoms with van der Waals surface area (Å²) < 4.78 is 10.5. The summed E-state index contributed by atoms with van der Waals surface area (Å²) in [7, 11) is 3.12. The molecule has 0 aliphatic rings. The van der Waals surface area contributed by atoms with Crippen LogP contribution in [0.2, 0.25) is 0 Å². The van der Waals surface area contributed by atoms with Crippen LogP contribution in [0.25, 0.3) is 0 Å². The number of hydrogen-bond acceptors (Lipinski definition) is 6. The molecule has 0 atom stereocenters. The lowest BCUT2D eigenvalue weighted by molar-refractivity contribution is 0.102. The highest BCUT2D eigenvalue weighted by Crippen LogP contribution is 2.29. The van der Waals surface area contributed by atoms with Crippen LogP contribution in [0.3, 0.4) is 0 Å². The van der Waals surface area contributed by atoms with E-state index in [2.05, 4.69) is 34.0 Å². The molecule has 0 spiro atoms. The maximum absolute atomic E-state index is 12.7. The van der Waals surface area contributed by atoms with E-state index < -0.39 is 0 Å². The Morgan fingerprint density at radius 3 is 2.42 bits per heavy atom. The first kappa shape index (κ1) is 19.5. The third-order valence-electron chi connectivity index (χ3n) is 3.85. The Labute approximate surface area is 154 Å². The van der Waals surface area contributed by atoms with Crippen LogP contribution in [0.5, 0.6) is 11.5 Å². The van der Waals surface area contributed by atoms with E-state index in [1.165, 1.54) is 6.33 Å². The van der Waals surface area contributed by atoms with Gasteiger partial charge in [-0.2, -0.15) is 0 Å². The summed E-state index contributed by atoms with van der Waals surface area (Å²) in [4.78, 5) is 23.2. The van der Waals surface area contributed by atoms with Gasteiger partial charge in [-0.25, -0.2) is 9.97 Å². The molecule has 0 aliphatic carbocycles. The van der Waals surface area contributed by atoms with Crippen LogP contribution >= 0.6 is 0 Å². The third-order valence-corrected chi connectivity index (χ3v) is 3.85. The molecule has 0 bridgehead atoms. The Balaban J connectivity index is 2.24. The van der Waals surface area contributed by atoms with E-state index in [-0.39, 0.29) is 5.91 Å². The summed E-state index contributed by atoms with van der Waals surface area (Å²) in [6.45, 7) is 6.00. The molecule has 0 fully saturated rings. The Morgan fingerprint density at radius 1 is 1.08 bits per heavy atom. The van der Waals surface area contributed by atoms with E-state index in [1.807, 2.05) is 0 Å². The van der Waals surface area contributed by atoms with Gasteiger partial charge in [0.25, 0.3) is 5.91 Å². The lowest BCUT2D eigenvalue weighted by Gasteiger charge is -2.22. The highest BCUT2D eigenvalue weighted by Gasteiger charge is 2.15. The zero-order valence-corrected chi connectivity index (χ0v) is 15.8. The standard InChI is InChI=1S/C19H26N4O3/c1-5-9-23(10-6-2)18-12-16(20-13-21-18)19(24)22-15-11-14(25-3)7-8-17(15)26-4/h7-8,11-13H,5-6,9-10H2,1-4H3,(H,22,24). The molecular formula is C19H26N4O3. The molecule has 140 valence electrons. The maximum Gasteiger partial charge on any atom is 0.274 e. The van der Waals surface area contributed by atoms with Crippen LogP contribution in [0.1, 0.15) is 37.2 Å². The number of amides is 1. The molecule has 1 amide bonds. The fourth-order valence-electron chi connectivity index (χ4n) is 2.62.